The number of halogens is 1. The number of nitrogens with zero attached hydrogens (tertiary/aromatic N) is 1. The van der Waals surface area contributed by atoms with E-state index in [0.29, 0.717) is 0 Å². The predicted octanol–water partition coefficient (Wildman–Crippen LogP) is 0.402. The number of rotatable bonds is 2. The predicted molar refractivity (Wildman–Crippen MR) is 47.2 cm³/mol. The van der Waals surface area contributed by atoms with Crippen LogP contribution in [-0.4, -0.2) is 21.9 Å². The molecule has 0 fully saturated rings. The second kappa shape index (κ2) is 3.54. The Balaban J connectivity index is 3.37. The third-order valence-corrected chi connectivity index (χ3v) is 4.36. The van der Waals surface area contributed by atoms with Crippen LogP contribution in [0.2, 0.25) is 0 Å². The van der Waals surface area contributed by atoms with Gasteiger partial charge in [-0.3, -0.25) is 0 Å². The van der Waals surface area contributed by atoms with Gasteiger partial charge in [-0.2, -0.15) is 0 Å². The van der Waals surface area contributed by atoms with Crippen molar-refractivity contribution in [2.75, 3.05) is 0 Å². The summed E-state index contributed by atoms with van der Waals surface area (Å²) in [5.41, 5.74) is -0.414. The number of para-hydroxylation sites is 1. The van der Waals surface area contributed by atoms with Crippen LogP contribution in [0.1, 0.15) is 0 Å². The first kappa shape index (κ1) is 10.3. The zero-order valence-corrected chi connectivity index (χ0v) is 8.89. The zero-order valence-electron chi connectivity index (χ0n) is 6.25. The molecule has 1 aromatic carbocycles. The molecule has 0 amide bonds. The van der Waals surface area contributed by atoms with Gasteiger partial charge in [-0.05, 0) is 0 Å². The van der Waals surface area contributed by atoms with Gasteiger partial charge in [0.05, 0.1) is 0 Å². The summed E-state index contributed by atoms with van der Waals surface area (Å²) in [6.45, 7) is 0. The first-order valence-corrected chi connectivity index (χ1v) is 8.20. The minimum atomic E-state index is -4.69. The molecule has 1 N–H and O–H groups in total. The molecule has 13 heavy (non-hydrogen) atoms. The molecule has 1 aromatic rings. The van der Waals surface area contributed by atoms with Crippen LogP contribution in [0.25, 0.3) is 0 Å². The molecule has 5 nitrogen and oxygen atoms in total. The molecule has 0 aliphatic heterocycles. The molecular weight excluding hydrogens is 260 g/mol. The topological polar surface area (TPSA) is 80.4 Å². The number of hydrogen-bond acceptors (Lipinski definition) is 3. The molecule has 0 aliphatic rings. The van der Waals surface area contributed by atoms with E-state index in [-0.39, 0.29) is 4.35 Å². The Kier molecular flexibility index (Phi) is 2.80. The Morgan fingerprint density at radius 3 is 2.38 bits per heavy atom. The summed E-state index contributed by atoms with van der Waals surface area (Å²) in [5.74, 6) is 0. The summed E-state index contributed by atoms with van der Waals surface area (Å²) < 4.78 is 19.7. The van der Waals surface area contributed by atoms with Crippen molar-refractivity contribution in [1.29, 1.82) is 0 Å². The van der Waals surface area contributed by atoms with Gasteiger partial charge in [0.2, 0.25) is 0 Å². The van der Waals surface area contributed by atoms with Gasteiger partial charge in [-0.15, -0.1) is 0 Å². The van der Waals surface area contributed by atoms with Crippen LogP contribution in [-0.2, 0) is 3.74 Å². The molecule has 0 saturated heterocycles. The number of hydrogen-bond donors (Lipinski definition) is 1. The van der Waals surface area contributed by atoms with Crippen LogP contribution in [0.4, 0.5) is 5.69 Å². The Bertz CT molecular complexity index is 388. The summed E-state index contributed by atoms with van der Waals surface area (Å²) in [5, 5.41) is 10.4. The normalized spacial score (nSPS) is 14.9. The van der Waals surface area contributed by atoms with Crippen LogP contribution in [0, 0.1) is 10.1 Å². The Morgan fingerprint density at radius 2 is 2.00 bits per heavy atom. The van der Waals surface area contributed by atoms with Gasteiger partial charge in [0, 0.05) is 0 Å². The van der Waals surface area contributed by atoms with Crippen molar-refractivity contribution < 1.29 is 12.8 Å². The summed E-state index contributed by atoms with van der Waals surface area (Å²) in [4.78, 5) is 9.66. The SMILES string of the molecule is O=[N+]([O-])c1ccccc1[As](=O)(O)Cl. The average molecular weight is 265 g/mol. The number of benzene rings is 1. The summed E-state index contributed by atoms with van der Waals surface area (Å²) in [6, 6.07) is 5.16. The molecule has 1 atom stereocenters. The van der Waals surface area contributed by atoms with Gasteiger partial charge < -0.3 is 0 Å². The zero-order chi connectivity index (χ0) is 10.1. The van der Waals surface area contributed by atoms with E-state index in [9.17, 15) is 13.9 Å². The van der Waals surface area contributed by atoms with E-state index < -0.39 is 23.5 Å². The van der Waals surface area contributed by atoms with Crippen molar-refractivity contribution in [3.05, 3.63) is 34.4 Å². The summed E-state index contributed by atoms with van der Waals surface area (Å²) in [6.07, 6.45) is 0. The fourth-order valence-corrected chi connectivity index (χ4v) is 3.08. The van der Waals surface area contributed by atoms with E-state index in [0.717, 1.165) is 6.07 Å². The number of nitro groups is 1. The molecule has 0 aromatic heterocycles. The molecule has 0 bridgehead atoms. The first-order valence-electron chi connectivity index (χ1n) is 3.19. The molecule has 0 saturated carbocycles. The van der Waals surface area contributed by atoms with E-state index in [1.54, 1.807) is 0 Å². The Hall–Kier alpha value is -0.772. The minimum absolute atomic E-state index is 0.285. The third-order valence-electron chi connectivity index (χ3n) is 1.38. The van der Waals surface area contributed by atoms with Gasteiger partial charge in [0.15, 0.2) is 0 Å². The van der Waals surface area contributed by atoms with Crippen LogP contribution in [0.15, 0.2) is 24.3 Å². The van der Waals surface area contributed by atoms with Crippen LogP contribution in [0.5, 0.6) is 0 Å². The summed E-state index contributed by atoms with van der Waals surface area (Å²) >= 11 is -4.69. The maximum atomic E-state index is 11.0. The van der Waals surface area contributed by atoms with E-state index in [4.69, 9.17) is 14.0 Å². The van der Waals surface area contributed by atoms with Crippen LogP contribution < -0.4 is 4.35 Å². The van der Waals surface area contributed by atoms with Gasteiger partial charge in [0.1, 0.15) is 0 Å². The van der Waals surface area contributed by atoms with Crippen molar-refractivity contribution in [3.63, 3.8) is 0 Å². The molecule has 1 rings (SSSR count). The monoisotopic (exact) mass is 265 g/mol. The second-order valence-corrected chi connectivity index (χ2v) is 7.75. The molecule has 7 heteroatoms. The molecule has 70 valence electrons. The Morgan fingerprint density at radius 1 is 1.46 bits per heavy atom. The quantitative estimate of drug-likeness (QED) is 0.477. The molecule has 0 radical (unpaired) electrons. The summed E-state index contributed by atoms with van der Waals surface area (Å²) in [7, 11) is 5.18. The fourth-order valence-electron chi connectivity index (χ4n) is 0.852. The maximum absolute atomic E-state index is 11.0. The van der Waals surface area contributed by atoms with Crippen LogP contribution in [0.3, 0.4) is 0 Å². The van der Waals surface area contributed by atoms with Gasteiger partial charge >= 0.3 is 80.0 Å². The molecule has 0 heterocycles. The van der Waals surface area contributed by atoms with E-state index in [1.165, 1.54) is 18.2 Å². The molecule has 1 unspecified atom stereocenters. The van der Waals surface area contributed by atoms with E-state index in [2.05, 4.69) is 0 Å². The van der Waals surface area contributed by atoms with Crippen molar-refractivity contribution in [2.24, 2.45) is 0 Å². The standard InChI is InChI=1S/C6H5AsClNO4/c8-7(10,11)5-3-1-2-4-6(5)9(12)13/h1-4H,(H,10,11). The van der Waals surface area contributed by atoms with Gasteiger partial charge in [-0.1, -0.05) is 0 Å². The fraction of sp³-hybridized carbons (Fsp3) is 0. The Labute approximate surface area is 80.3 Å². The van der Waals surface area contributed by atoms with E-state index in [1.807, 2.05) is 0 Å². The molecule has 0 spiro atoms. The van der Waals surface area contributed by atoms with Gasteiger partial charge in [0.25, 0.3) is 0 Å². The van der Waals surface area contributed by atoms with Crippen molar-refractivity contribution in [1.82, 2.24) is 0 Å². The second-order valence-electron chi connectivity index (χ2n) is 2.25. The average Bonchev–Trinajstić information content (AvgIpc) is 2.03. The van der Waals surface area contributed by atoms with Crippen molar-refractivity contribution in [2.45, 2.75) is 0 Å². The first-order chi connectivity index (χ1) is 5.93. The van der Waals surface area contributed by atoms with Crippen molar-refractivity contribution >= 4 is 32.9 Å². The van der Waals surface area contributed by atoms with Crippen LogP contribution >= 0.6 is 9.95 Å². The molecular formula is C6H5AsClNO4. The van der Waals surface area contributed by atoms with E-state index >= 15 is 0 Å². The van der Waals surface area contributed by atoms with Gasteiger partial charge in [-0.25, -0.2) is 0 Å². The molecule has 0 aliphatic carbocycles. The van der Waals surface area contributed by atoms with Crippen molar-refractivity contribution in [3.8, 4) is 0 Å². The third kappa shape index (κ3) is 2.34. The number of nitro benzene ring substituents is 1.